The lowest BCUT2D eigenvalue weighted by molar-refractivity contribution is -0.113. The minimum Gasteiger partial charge on any atom is -0.325 e. The van der Waals surface area contributed by atoms with Gasteiger partial charge in [-0.1, -0.05) is 30.0 Å². The van der Waals surface area contributed by atoms with Crippen LogP contribution < -0.4 is 5.32 Å². The second-order valence-corrected chi connectivity index (χ2v) is 6.19. The smallest absolute Gasteiger partial charge is 0.234 e. The Balaban J connectivity index is 1.93. The number of carbonyl (C=O) groups excluding carboxylic acids is 1. The first-order chi connectivity index (χ1) is 9.47. The Bertz CT molecular complexity index is 576. The Morgan fingerprint density at radius 3 is 2.65 bits per heavy atom. The molecule has 0 radical (unpaired) electrons. The van der Waals surface area contributed by atoms with Crippen molar-refractivity contribution in [3.8, 4) is 0 Å². The molecule has 0 saturated carbocycles. The molecular formula is C13H17N5OS. The molecular weight excluding hydrogens is 274 g/mol. The fourth-order valence-electron chi connectivity index (χ4n) is 1.54. The van der Waals surface area contributed by atoms with E-state index in [1.807, 2.05) is 51.1 Å². The summed E-state index contributed by atoms with van der Waals surface area (Å²) in [5.41, 5.74) is 0.579. The normalized spacial score (nSPS) is 11.3. The Hall–Kier alpha value is -1.89. The predicted octanol–water partition coefficient (Wildman–Crippen LogP) is 2.16. The molecule has 0 aliphatic carbocycles. The molecule has 2 aromatic rings. The van der Waals surface area contributed by atoms with Gasteiger partial charge in [-0.25, -0.2) is 4.68 Å². The first-order valence-corrected chi connectivity index (χ1v) is 7.22. The topological polar surface area (TPSA) is 72.7 Å². The largest absolute Gasteiger partial charge is 0.325 e. The average Bonchev–Trinajstić information content (AvgIpc) is 2.86. The Labute approximate surface area is 121 Å². The first-order valence-electron chi connectivity index (χ1n) is 6.23. The average molecular weight is 291 g/mol. The Morgan fingerprint density at radius 1 is 1.30 bits per heavy atom. The molecule has 0 bridgehead atoms. The SMILES string of the molecule is CC(C)(C)n1nnnc1SCC(=O)Nc1ccccc1. The standard InChI is InChI=1S/C13H17N5OS/c1-13(2,3)18-12(15-16-17-18)20-9-11(19)14-10-7-5-4-6-8-10/h4-8H,9H2,1-3H3,(H,14,19). The number of tetrazole rings is 1. The zero-order valence-corrected chi connectivity index (χ0v) is 12.5. The van der Waals surface area contributed by atoms with Crippen LogP contribution >= 0.6 is 11.8 Å². The quantitative estimate of drug-likeness (QED) is 0.874. The van der Waals surface area contributed by atoms with Crippen molar-refractivity contribution in [1.29, 1.82) is 0 Å². The summed E-state index contributed by atoms with van der Waals surface area (Å²) in [4.78, 5) is 11.9. The van der Waals surface area contributed by atoms with Gasteiger partial charge in [-0.15, -0.1) is 5.10 Å². The molecule has 0 saturated heterocycles. The lowest BCUT2D eigenvalue weighted by atomic mass is 10.1. The van der Waals surface area contributed by atoms with Gasteiger partial charge in [0.2, 0.25) is 11.1 Å². The fourth-order valence-corrected chi connectivity index (χ4v) is 2.40. The van der Waals surface area contributed by atoms with Gasteiger partial charge >= 0.3 is 0 Å². The van der Waals surface area contributed by atoms with Crippen molar-refractivity contribution < 1.29 is 4.79 Å². The number of hydrogen-bond donors (Lipinski definition) is 1. The Morgan fingerprint density at radius 2 is 2.00 bits per heavy atom. The molecule has 1 amide bonds. The van der Waals surface area contributed by atoms with Crippen LogP contribution in [0.1, 0.15) is 20.8 Å². The van der Waals surface area contributed by atoms with Crippen LogP contribution in [0, 0.1) is 0 Å². The zero-order valence-electron chi connectivity index (χ0n) is 11.7. The van der Waals surface area contributed by atoms with Crippen LogP contribution in [0.3, 0.4) is 0 Å². The molecule has 1 N–H and O–H groups in total. The lowest BCUT2D eigenvalue weighted by Crippen LogP contribution is -2.24. The van der Waals surface area contributed by atoms with Crippen LogP contribution in [0.25, 0.3) is 0 Å². The van der Waals surface area contributed by atoms with Crippen LogP contribution in [-0.2, 0) is 10.3 Å². The van der Waals surface area contributed by atoms with Crippen molar-refractivity contribution in [2.75, 3.05) is 11.1 Å². The van der Waals surface area contributed by atoms with E-state index in [4.69, 9.17) is 0 Å². The monoisotopic (exact) mass is 291 g/mol. The minimum atomic E-state index is -0.207. The summed E-state index contributed by atoms with van der Waals surface area (Å²) in [6, 6.07) is 9.36. The molecule has 0 spiro atoms. The highest BCUT2D eigenvalue weighted by atomic mass is 32.2. The van der Waals surface area contributed by atoms with Gasteiger partial charge in [0.25, 0.3) is 0 Å². The van der Waals surface area contributed by atoms with Crippen molar-refractivity contribution in [3.05, 3.63) is 30.3 Å². The molecule has 20 heavy (non-hydrogen) atoms. The number of nitrogens with one attached hydrogen (secondary N) is 1. The number of para-hydroxylation sites is 1. The second-order valence-electron chi connectivity index (χ2n) is 5.25. The molecule has 1 aromatic carbocycles. The van der Waals surface area contributed by atoms with Gasteiger partial charge in [0.1, 0.15) is 0 Å². The van der Waals surface area contributed by atoms with Gasteiger partial charge in [-0.2, -0.15) is 0 Å². The molecule has 0 aliphatic heterocycles. The van der Waals surface area contributed by atoms with E-state index in [9.17, 15) is 4.79 Å². The Kier molecular flexibility index (Phi) is 4.39. The molecule has 7 heteroatoms. The number of aromatic nitrogens is 4. The predicted molar refractivity (Wildman–Crippen MR) is 78.6 cm³/mol. The number of hydrogen-bond acceptors (Lipinski definition) is 5. The molecule has 1 aromatic heterocycles. The number of benzene rings is 1. The van der Waals surface area contributed by atoms with Crippen LogP contribution in [0.4, 0.5) is 5.69 Å². The second kappa shape index (κ2) is 6.04. The van der Waals surface area contributed by atoms with E-state index in [1.54, 1.807) is 4.68 Å². The summed E-state index contributed by atoms with van der Waals surface area (Å²) in [5.74, 6) is 0.190. The van der Waals surface area contributed by atoms with Crippen LogP contribution in [0.2, 0.25) is 0 Å². The van der Waals surface area contributed by atoms with Gasteiger partial charge in [-0.05, 0) is 43.3 Å². The number of carbonyl (C=O) groups is 1. The molecule has 0 unspecified atom stereocenters. The van der Waals surface area contributed by atoms with E-state index in [0.717, 1.165) is 5.69 Å². The van der Waals surface area contributed by atoms with E-state index < -0.39 is 0 Å². The van der Waals surface area contributed by atoms with Gasteiger partial charge in [0, 0.05) is 5.69 Å². The summed E-state index contributed by atoms with van der Waals surface area (Å²) in [7, 11) is 0. The third-order valence-electron chi connectivity index (χ3n) is 2.47. The van der Waals surface area contributed by atoms with Crippen molar-refractivity contribution >= 4 is 23.4 Å². The molecule has 1 heterocycles. The summed E-state index contributed by atoms with van der Waals surface area (Å²) in [6.45, 7) is 6.03. The van der Waals surface area contributed by atoms with E-state index in [1.165, 1.54) is 11.8 Å². The summed E-state index contributed by atoms with van der Waals surface area (Å²) in [5, 5.41) is 15.0. The number of amides is 1. The van der Waals surface area contributed by atoms with Crippen LogP contribution in [-0.4, -0.2) is 31.9 Å². The molecule has 106 valence electrons. The highest BCUT2D eigenvalue weighted by Gasteiger charge is 2.20. The van der Waals surface area contributed by atoms with Gasteiger partial charge < -0.3 is 5.32 Å². The summed E-state index contributed by atoms with van der Waals surface area (Å²) < 4.78 is 1.72. The highest BCUT2D eigenvalue weighted by molar-refractivity contribution is 7.99. The third kappa shape index (κ3) is 3.80. The molecule has 0 fully saturated rings. The lowest BCUT2D eigenvalue weighted by Gasteiger charge is -2.19. The minimum absolute atomic E-state index is 0.0790. The van der Waals surface area contributed by atoms with Crippen LogP contribution in [0.15, 0.2) is 35.5 Å². The number of nitrogens with zero attached hydrogens (tertiary/aromatic N) is 4. The van der Waals surface area contributed by atoms with Crippen molar-refractivity contribution in [2.24, 2.45) is 0 Å². The van der Waals surface area contributed by atoms with E-state index in [2.05, 4.69) is 20.8 Å². The maximum atomic E-state index is 11.9. The van der Waals surface area contributed by atoms with Crippen LogP contribution in [0.5, 0.6) is 0 Å². The van der Waals surface area contributed by atoms with E-state index >= 15 is 0 Å². The maximum absolute atomic E-state index is 11.9. The van der Waals surface area contributed by atoms with E-state index in [0.29, 0.717) is 5.16 Å². The third-order valence-corrected chi connectivity index (χ3v) is 3.39. The van der Waals surface area contributed by atoms with E-state index in [-0.39, 0.29) is 17.2 Å². The van der Waals surface area contributed by atoms with Crippen molar-refractivity contribution in [3.63, 3.8) is 0 Å². The fraction of sp³-hybridized carbons (Fsp3) is 0.385. The maximum Gasteiger partial charge on any atom is 0.234 e. The van der Waals surface area contributed by atoms with Gasteiger partial charge in [0.05, 0.1) is 11.3 Å². The van der Waals surface area contributed by atoms with Crippen molar-refractivity contribution in [1.82, 2.24) is 20.2 Å². The number of rotatable bonds is 4. The first kappa shape index (κ1) is 14.5. The molecule has 6 nitrogen and oxygen atoms in total. The zero-order chi connectivity index (χ0) is 14.6. The number of thioether (sulfide) groups is 1. The van der Waals surface area contributed by atoms with Gasteiger partial charge in [0.15, 0.2) is 0 Å². The molecule has 0 aliphatic rings. The molecule has 0 atom stereocenters. The van der Waals surface area contributed by atoms with Gasteiger partial charge in [-0.3, -0.25) is 4.79 Å². The number of anilines is 1. The van der Waals surface area contributed by atoms with Crippen molar-refractivity contribution in [2.45, 2.75) is 31.5 Å². The molecule has 2 rings (SSSR count). The summed E-state index contributed by atoms with van der Waals surface area (Å²) >= 11 is 1.32. The highest BCUT2D eigenvalue weighted by Crippen LogP contribution is 2.21. The summed E-state index contributed by atoms with van der Waals surface area (Å²) in [6.07, 6.45) is 0.